The molecule has 0 unspecified atom stereocenters. The van der Waals surface area contributed by atoms with Crippen LogP contribution in [0.15, 0.2) is 48.8 Å². The number of pyridine rings is 2. The zero-order valence-corrected chi connectivity index (χ0v) is 34.8. The first-order valence-corrected chi connectivity index (χ1v) is 20.4. The van der Waals surface area contributed by atoms with Crippen LogP contribution in [0.4, 0.5) is 70.3 Å². The van der Waals surface area contributed by atoms with Crippen molar-refractivity contribution in [2.24, 2.45) is 0 Å². The van der Waals surface area contributed by atoms with E-state index in [4.69, 9.17) is 19.2 Å². The van der Waals surface area contributed by atoms with E-state index in [1.807, 2.05) is 27.7 Å². The fourth-order valence-corrected chi connectivity index (χ4v) is 7.18. The standard InChI is InChI=1S/C21H26F3N5O2.C18H18F5N5O.C2H6/c1-20(2)13-29(7-10-31-20)19-26-16(14-4-8-30-9-5-14)12-18(28-19)27-17-11-15(3-6-25-17)21(22,23)24;19-17(20)9-28(10-17)16-25-13(11-2-5-29-6-3-11)8-15(27-16)26-14-7-12(1-4-24-14)18(21,22)23;1-2/h3,6,11-12,14H,4-5,7-10,13H2,1-2H3,(H,25,26,27,28);1,4,7-8,11H,2-3,5-6,9-10H2,(H,24,25,26,27);1-2H3. The Kier molecular flexibility index (Phi) is 14.7. The molecule has 13 nitrogen and oxygen atoms in total. The van der Waals surface area contributed by atoms with Crippen molar-refractivity contribution in [3.05, 3.63) is 71.3 Å². The molecule has 0 aromatic carbocycles. The number of alkyl halides is 8. The zero-order valence-electron chi connectivity index (χ0n) is 34.8. The molecule has 4 saturated heterocycles. The van der Waals surface area contributed by atoms with Crippen molar-refractivity contribution in [1.82, 2.24) is 29.9 Å². The molecular formula is C41H50F8N10O3. The van der Waals surface area contributed by atoms with E-state index in [0.717, 1.165) is 55.2 Å². The maximum atomic E-state index is 13.3. The van der Waals surface area contributed by atoms with E-state index in [2.05, 4.69) is 40.5 Å². The molecule has 4 aromatic rings. The average molecular weight is 883 g/mol. The van der Waals surface area contributed by atoms with Gasteiger partial charge in [0, 0.05) is 75.9 Å². The van der Waals surface area contributed by atoms with Crippen molar-refractivity contribution in [3.8, 4) is 0 Å². The quantitative estimate of drug-likeness (QED) is 0.163. The largest absolute Gasteiger partial charge is 0.416 e. The van der Waals surface area contributed by atoms with Crippen LogP contribution in [0.5, 0.6) is 0 Å². The molecule has 0 spiro atoms. The molecule has 4 aromatic heterocycles. The average Bonchev–Trinajstić information content (AvgIpc) is 3.23. The lowest BCUT2D eigenvalue weighted by Crippen LogP contribution is -2.57. The van der Waals surface area contributed by atoms with Gasteiger partial charge in [-0.05, 0) is 63.8 Å². The molecular weight excluding hydrogens is 833 g/mol. The zero-order chi connectivity index (χ0) is 44.7. The Bertz CT molecular complexity index is 2090. The van der Waals surface area contributed by atoms with Crippen molar-refractivity contribution in [2.45, 2.75) is 89.1 Å². The number of anilines is 6. The molecule has 21 heteroatoms. The van der Waals surface area contributed by atoms with E-state index in [9.17, 15) is 35.1 Å². The van der Waals surface area contributed by atoms with Crippen LogP contribution in [-0.4, -0.2) is 101 Å². The Labute approximate surface area is 354 Å². The van der Waals surface area contributed by atoms with Crippen molar-refractivity contribution >= 4 is 35.2 Å². The molecule has 62 heavy (non-hydrogen) atoms. The number of nitrogens with one attached hydrogen (secondary N) is 2. The molecule has 8 rings (SSSR count). The molecule has 4 fully saturated rings. The van der Waals surface area contributed by atoms with Gasteiger partial charge in [-0.15, -0.1) is 0 Å². The van der Waals surface area contributed by atoms with E-state index < -0.39 is 42.5 Å². The van der Waals surface area contributed by atoms with Gasteiger partial charge in [-0.2, -0.15) is 36.3 Å². The predicted molar refractivity (Wildman–Crippen MR) is 215 cm³/mol. The van der Waals surface area contributed by atoms with Crippen LogP contribution in [0.2, 0.25) is 0 Å². The van der Waals surface area contributed by atoms with Gasteiger partial charge < -0.3 is 34.6 Å². The molecule has 0 aliphatic carbocycles. The molecule has 0 atom stereocenters. The third-order valence-electron chi connectivity index (χ3n) is 10.3. The Morgan fingerprint density at radius 1 is 0.597 bits per heavy atom. The van der Waals surface area contributed by atoms with Crippen LogP contribution in [0.3, 0.4) is 0 Å². The fourth-order valence-electron chi connectivity index (χ4n) is 7.18. The minimum Gasteiger partial charge on any atom is -0.381 e. The van der Waals surface area contributed by atoms with Gasteiger partial charge in [0.1, 0.15) is 23.3 Å². The van der Waals surface area contributed by atoms with Crippen molar-refractivity contribution < 1.29 is 49.3 Å². The van der Waals surface area contributed by atoms with Crippen molar-refractivity contribution in [3.63, 3.8) is 0 Å². The summed E-state index contributed by atoms with van der Waals surface area (Å²) in [6.07, 6.45) is -3.66. The molecule has 4 aliphatic rings. The highest BCUT2D eigenvalue weighted by atomic mass is 19.4. The van der Waals surface area contributed by atoms with E-state index in [-0.39, 0.29) is 40.8 Å². The number of morpholine rings is 1. The first kappa shape index (κ1) is 46.5. The summed E-state index contributed by atoms with van der Waals surface area (Å²) in [6, 6.07) is 7.08. The van der Waals surface area contributed by atoms with Gasteiger partial charge >= 0.3 is 12.4 Å². The van der Waals surface area contributed by atoms with Crippen LogP contribution in [0.1, 0.15) is 87.7 Å². The second kappa shape index (κ2) is 19.6. The highest BCUT2D eigenvalue weighted by molar-refractivity contribution is 5.57. The summed E-state index contributed by atoms with van der Waals surface area (Å²) >= 11 is 0. The predicted octanol–water partition coefficient (Wildman–Crippen LogP) is 9.15. The Balaban J connectivity index is 0.000000199. The van der Waals surface area contributed by atoms with Gasteiger partial charge in [-0.25, -0.2) is 28.7 Å². The molecule has 4 aliphatic heterocycles. The Hall–Kier alpha value is -5.02. The normalized spacial score (nSPS) is 19.3. The number of hydrogen-bond acceptors (Lipinski definition) is 13. The number of rotatable bonds is 8. The number of nitrogens with zero attached hydrogens (tertiary/aromatic N) is 8. The van der Waals surface area contributed by atoms with Gasteiger partial charge in [-0.1, -0.05) is 13.8 Å². The minimum absolute atomic E-state index is 0.0451. The molecule has 2 N–H and O–H groups in total. The Morgan fingerprint density at radius 2 is 1.03 bits per heavy atom. The van der Waals surface area contributed by atoms with Crippen LogP contribution in [0, 0.1) is 0 Å². The third-order valence-corrected chi connectivity index (χ3v) is 10.3. The topological polar surface area (TPSA) is 136 Å². The summed E-state index contributed by atoms with van der Waals surface area (Å²) in [7, 11) is 0. The smallest absolute Gasteiger partial charge is 0.381 e. The van der Waals surface area contributed by atoms with E-state index in [0.29, 0.717) is 76.4 Å². The summed E-state index contributed by atoms with van der Waals surface area (Å²) in [6.45, 7) is 11.3. The lowest BCUT2D eigenvalue weighted by Gasteiger charge is -2.39. The maximum Gasteiger partial charge on any atom is 0.416 e. The van der Waals surface area contributed by atoms with Crippen LogP contribution in [0.25, 0.3) is 0 Å². The summed E-state index contributed by atoms with van der Waals surface area (Å²) in [4.78, 5) is 29.4. The SMILES string of the molecule is CC.CC1(C)CN(c2nc(Nc3cc(C(F)(F)F)ccn3)cc(C3CCOCC3)n2)CCO1.FC1(F)CN(c2nc(Nc3cc(C(F)(F)F)ccn3)cc(C3CCOCC3)n2)C1. The van der Waals surface area contributed by atoms with Crippen LogP contribution < -0.4 is 20.4 Å². The number of aromatic nitrogens is 6. The summed E-state index contributed by atoms with van der Waals surface area (Å²) in [5, 5.41) is 5.70. The number of hydrogen-bond donors (Lipinski definition) is 2. The molecule has 0 amide bonds. The minimum atomic E-state index is -4.51. The number of ether oxygens (including phenoxy) is 3. The highest BCUT2D eigenvalue weighted by Gasteiger charge is 2.45. The molecule has 8 heterocycles. The van der Waals surface area contributed by atoms with Crippen molar-refractivity contribution in [1.29, 1.82) is 0 Å². The summed E-state index contributed by atoms with van der Waals surface area (Å²) in [5.74, 6) is -1.21. The first-order chi connectivity index (χ1) is 29.4. The second-order valence-electron chi connectivity index (χ2n) is 15.6. The van der Waals surface area contributed by atoms with E-state index in [1.54, 1.807) is 12.1 Å². The lowest BCUT2D eigenvalue weighted by molar-refractivity contribution is -0.138. The molecule has 0 saturated carbocycles. The lowest BCUT2D eigenvalue weighted by atomic mass is 9.96. The first-order valence-electron chi connectivity index (χ1n) is 20.4. The third kappa shape index (κ3) is 12.6. The van der Waals surface area contributed by atoms with Crippen LogP contribution >= 0.6 is 0 Å². The van der Waals surface area contributed by atoms with E-state index in [1.165, 1.54) is 4.90 Å². The molecule has 0 bridgehead atoms. The highest BCUT2D eigenvalue weighted by Crippen LogP contribution is 2.36. The molecule has 338 valence electrons. The summed E-state index contributed by atoms with van der Waals surface area (Å²) < 4.78 is 121. The fraction of sp³-hybridized carbons (Fsp3) is 0.561. The Morgan fingerprint density at radius 3 is 1.44 bits per heavy atom. The summed E-state index contributed by atoms with van der Waals surface area (Å²) in [5.41, 5.74) is -0.461. The van der Waals surface area contributed by atoms with Gasteiger partial charge in [0.25, 0.3) is 5.92 Å². The van der Waals surface area contributed by atoms with E-state index >= 15 is 0 Å². The maximum absolute atomic E-state index is 13.3. The van der Waals surface area contributed by atoms with Crippen molar-refractivity contribution in [2.75, 3.05) is 79.6 Å². The second-order valence-corrected chi connectivity index (χ2v) is 15.6. The van der Waals surface area contributed by atoms with Gasteiger partial charge in [0.2, 0.25) is 11.9 Å². The monoisotopic (exact) mass is 882 g/mol. The van der Waals surface area contributed by atoms with Gasteiger partial charge in [0.05, 0.1) is 47.8 Å². The van der Waals surface area contributed by atoms with Gasteiger partial charge in [-0.3, -0.25) is 0 Å². The van der Waals surface area contributed by atoms with Gasteiger partial charge in [0.15, 0.2) is 0 Å². The number of halogens is 8. The molecule has 0 radical (unpaired) electrons. The van der Waals surface area contributed by atoms with Crippen LogP contribution in [-0.2, 0) is 26.6 Å².